The zero-order valence-corrected chi connectivity index (χ0v) is 16.1. The number of benzene rings is 1. The fraction of sp³-hybridized carbons (Fsp3) is 0.143. The number of fused-ring (bicyclic) bond motifs is 1. The Morgan fingerprint density at radius 3 is 2.71 bits per heavy atom. The van der Waals surface area contributed by atoms with E-state index < -0.39 is 5.82 Å². The van der Waals surface area contributed by atoms with Crippen LogP contribution in [0.15, 0.2) is 53.6 Å². The number of hydrogen-bond donors (Lipinski definition) is 3. The van der Waals surface area contributed by atoms with Gasteiger partial charge in [0, 0.05) is 29.0 Å². The maximum absolute atomic E-state index is 13.5. The van der Waals surface area contributed by atoms with Gasteiger partial charge in [0.25, 0.3) is 5.56 Å². The van der Waals surface area contributed by atoms with Crippen LogP contribution in [0.5, 0.6) is 0 Å². The van der Waals surface area contributed by atoms with E-state index in [2.05, 4.69) is 20.3 Å². The minimum absolute atomic E-state index is 0.0255. The van der Waals surface area contributed by atoms with Gasteiger partial charge >= 0.3 is 0 Å². The molecule has 0 atom stereocenters. The molecule has 3 heterocycles. The lowest BCUT2D eigenvalue weighted by Gasteiger charge is -2.17. The van der Waals surface area contributed by atoms with Crippen molar-refractivity contribution >= 4 is 34.0 Å². The van der Waals surface area contributed by atoms with E-state index in [1.165, 1.54) is 12.1 Å². The average Bonchev–Trinajstić information content (AvgIpc) is 3.15. The maximum atomic E-state index is 13.5. The van der Waals surface area contributed by atoms with Gasteiger partial charge in [0.2, 0.25) is 0 Å². The number of nitrogens with zero attached hydrogens (tertiary/aromatic N) is 1. The quantitative estimate of drug-likeness (QED) is 0.421. The summed E-state index contributed by atoms with van der Waals surface area (Å²) in [5.41, 5.74) is 3.88. The van der Waals surface area contributed by atoms with Gasteiger partial charge < -0.3 is 15.3 Å². The molecule has 0 unspecified atom stereocenters. The normalized spacial score (nSPS) is 11.3. The fourth-order valence-corrected chi connectivity index (χ4v) is 3.38. The summed E-state index contributed by atoms with van der Waals surface area (Å²) in [6.45, 7) is 4.01. The first kappa shape index (κ1) is 18.3. The van der Waals surface area contributed by atoms with Crippen molar-refractivity contribution in [3.05, 3.63) is 75.7 Å². The van der Waals surface area contributed by atoms with E-state index in [1.54, 1.807) is 18.3 Å². The van der Waals surface area contributed by atoms with Gasteiger partial charge in [-0.05, 0) is 41.8 Å². The monoisotopic (exact) mass is 396 g/mol. The van der Waals surface area contributed by atoms with Gasteiger partial charge in [0.05, 0.1) is 16.4 Å². The first-order valence-corrected chi connectivity index (χ1v) is 9.23. The van der Waals surface area contributed by atoms with Crippen LogP contribution in [0.3, 0.4) is 0 Å². The number of H-pyrrole nitrogens is 2. The van der Waals surface area contributed by atoms with E-state index in [4.69, 9.17) is 11.6 Å². The highest BCUT2D eigenvalue weighted by atomic mass is 35.5. The third kappa shape index (κ3) is 3.27. The summed E-state index contributed by atoms with van der Waals surface area (Å²) in [5.74, 6) is -0.435. The van der Waals surface area contributed by atoms with Crippen LogP contribution in [0.4, 0.5) is 15.8 Å². The van der Waals surface area contributed by atoms with E-state index in [-0.39, 0.29) is 16.5 Å². The zero-order chi connectivity index (χ0) is 19.8. The van der Waals surface area contributed by atoms with Crippen LogP contribution >= 0.6 is 11.6 Å². The molecule has 142 valence electrons. The van der Waals surface area contributed by atoms with Crippen LogP contribution in [0, 0.1) is 5.82 Å². The standard InChI is InChI=1S/C21H18ClFN4O/c1-11(2)19-18(26-17-6-8-25-20-13(17)5-7-24-20)10-14(21(28)27-19)12-3-4-16(23)15(22)9-12/h3-11H,1-2H3,(H,27,28)(H2,24,25,26). The number of aromatic amines is 2. The second-order valence-corrected chi connectivity index (χ2v) is 7.25. The molecule has 0 bridgehead atoms. The minimum atomic E-state index is -0.523. The molecule has 0 fully saturated rings. The van der Waals surface area contributed by atoms with Crippen molar-refractivity contribution in [1.29, 1.82) is 0 Å². The van der Waals surface area contributed by atoms with Gasteiger partial charge in [-0.2, -0.15) is 0 Å². The van der Waals surface area contributed by atoms with E-state index >= 15 is 0 Å². The summed E-state index contributed by atoms with van der Waals surface area (Å²) in [7, 11) is 0. The lowest BCUT2D eigenvalue weighted by molar-refractivity contribution is 0.628. The summed E-state index contributed by atoms with van der Waals surface area (Å²) in [6, 6.07) is 9.84. The highest BCUT2D eigenvalue weighted by Crippen LogP contribution is 2.31. The molecular weight excluding hydrogens is 379 g/mol. The maximum Gasteiger partial charge on any atom is 0.256 e. The van der Waals surface area contributed by atoms with E-state index in [0.717, 1.165) is 28.1 Å². The van der Waals surface area contributed by atoms with Crippen molar-refractivity contribution in [2.75, 3.05) is 5.32 Å². The molecule has 3 N–H and O–H groups in total. The zero-order valence-electron chi connectivity index (χ0n) is 15.3. The summed E-state index contributed by atoms with van der Waals surface area (Å²) in [6.07, 6.45) is 3.54. The van der Waals surface area contributed by atoms with Gasteiger partial charge in [0.15, 0.2) is 0 Å². The van der Waals surface area contributed by atoms with Crippen molar-refractivity contribution in [2.45, 2.75) is 19.8 Å². The topological polar surface area (TPSA) is 73.6 Å². The SMILES string of the molecule is CC(C)c1[nH]c(=O)c(-c2ccc(F)c(Cl)c2)cc1Nc1ccnc2[nH]ccc12. The second kappa shape index (κ2) is 7.13. The highest BCUT2D eigenvalue weighted by molar-refractivity contribution is 6.31. The molecule has 0 saturated heterocycles. The molecule has 0 radical (unpaired) electrons. The molecular formula is C21H18ClFN4O. The Balaban J connectivity index is 1.86. The van der Waals surface area contributed by atoms with Crippen molar-refractivity contribution in [3.8, 4) is 11.1 Å². The van der Waals surface area contributed by atoms with Gasteiger partial charge in [-0.3, -0.25) is 4.79 Å². The second-order valence-electron chi connectivity index (χ2n) is 6.85. The highest BCUT2D eigenvalue weighted by Gasteiger charge is 2.15. The van der Waals surface area contributed by atoms with Gasteiger partial charge in [-0.1, -0.05) is 31.5 Å². The molecule has 28 heavy (non-hydrogen) atoms. The molecule has 0 aliphatic heterocycles. The largest absolute Gasteiger partial charge is 0.353 e. The number of hydrogen-bond acceptors (Lipinski definition) is 3. The Kier molecular flexibility index (Phi) is 4.65. The number of pyridine rings is 2. The van der Waals surface area contributed by atoms with Crippen LogP contribution in [0.2, 0.25) is 5.02 Å². The lowest BCUT2D eigenvalue weighted by atomic mass is 10.0. The number of halogens is 2. The van der Waals surface area contributed by atoms with Crippen molar-refractivity contribution in [2.24, 2.45) is 0 Å². The third-order valence-corrected chi connectivity index (χ3v) is 4.90. The summed E-state index contributed by atoms with van der Waals surface area (Å²) in [5, 5.41) is 4.32. The minimum Gasteiger partial charge on any atom is -0.353 e. The Hall–Kier alpha value is -3.12. The molecule has 0 spiro atoms. The molecule has 1 aromatic carbocycles. The molecule has 4 aromatic rings. The summed E-state index contributed by atoms with van der Waals surface area (Å²) in [4.78, 5) is 23.0. The van der Waals surface area contributed by atoms with E-state index in [1.807, 2.05) is 32.2 Å². The molecule has 0 amide bonds. The first-order chi connectivity index (χ1) is 13.4. The van der Waals surface area contributed by atoms with Crippen LogP contribution in [-0.2, 0) is 0 Å². The third-order valence-electron chi connectivity index (χ3n) is 4.61. The molecule has 7 heteroatoms. The first-order valence-electron chi connectivity index (χ1n) is 8.86. The Morgan fingerprint density at radius 2 is 1.96 bits per heavy atom. The molecule has 4 rings (SSSR count). The molecule has 0 saturated carbocycles. The summed E-state index contributed by atoms with van der Waals surface area (Å²) >= 11 is 5.91. The average molecular weight is 397 g/mol. The van der Waals surface area contributed by atoms with Gasteiger partial charge in [-0.25, -0.2) is 9.37 Å². The molecule has 0 aliphatic carbocycles. The van der Waals surface area contributed by atoms with Crippen LogP contribution in [0.25, 0.3) is 22.2 Å². The predicted octanol–water partition coefficient (Wildman–Crippen LogP) is 5.58. The molecule has 0 aliphatic rings. The van der Waals surface area contributed by atoms with Gasteiger partial charge in [-0.15, -0.1) is 0 Å². The van der Waals surface area contributed by atoms with Crippen molar-refractivity contribution in [3.63, 3.8) is 0 Å². The van der Waals surface area contributed by atoms with Crippen molar-refractivity contribution in [1.82, 2.24) is 15.0 Å². The number of anilines is 2. The Morgan fingerprint density at radius 1 is 1.14 bits per heavy atom. The smallest absolute Gasteiger partial charge is 0.256 e. The van der Waals surface area contributed by atoms with Crippen LogP contribution < -0.4 is 10.9 Å². The fourth-order valence-electron chi connectivity index (χ4n) is 3.20. The Bertz CT molecular complexity index is 1230. The van der Waals surface area contributed by atoms with E-state index in [9.17, 15) is 9.18 Å². The molecule has 3 aromatic heterocycles. The molecule has 5 nitrogen and oxygen atoms in total. The van der Waals surface area contributed by atoms with E-state index in [0.29, 0.717) is 11.1 Å². The predicted molar refractivity (Wildman–Crippen MR) is 111 cm³/mol. The van der Waals surface area contributed by atoms with Crippen LogP contribution in [0.1, 0.15) is 25.5 Å². The van der Waals surface area contributed by atoms with Crippen LogP contribution in [-0.4, -0.2) is 15.0 Å². The number of nitrogens with one attached hydrogen (secondary N) is 3. The van der Waals surface area contributed by atoms with Crippen molar-refractivity contribution < 1.29 is 4.39 Å². The number of rotatable bonds is 4. The lowest BCUT2D eigenvalue weighted by Crippen LogP contribution is -2.15. The van der Waals surface area contributed by atoms with Gasteiger partial charge in [0.1, 0.15) is 11.5 Å². The Labute approximate surface area is 165 Å². The summed E-state index contributed by atoms with van der Waals surface area (Å²) < 4.78 is 13.5. The number of aromatic nitrogens is 3.